The van der Waals surface area contributed by atoms with E-state index in [9.17, 15) is 9.59 Å². The van der Waals surface area contributed by atoms with Gasteiger partial charge < -0.3 is 18.9 Å². The average molecular weight is 366 g/mol. The highest BCUT2D eigenvalue weighted by atomic mass is 16.6. The van der Waals surface area contributed by atoms with Crippen LogP contribution in [0.3, 0.4) is 0 Å². The van der Waals surface area contributed by atoms with Crippen molar-refractivity contribution in [3.8, 4) is 0 Å². The van der Waals surface area contributed by atoms with E-state index in [2.05, 4.69) is 0 Å². The highest BCUT2D eigenvalue weighted by Gasteiger charge is 2.15. The molecule has 146 valence electrons. The van der Waals surface area contributed by atoms with Crippen LogP contribution in [0, 0.1) is 0 Å². The first kappa shape index (κ1) is 22.1. The van der Waals surface area contributed by atoms with Crippen molar-refractivity contribution in [3.05, 3.63) is 35.4 Å². The predicted octanol–water partition coefficient (Wildman–Crippen LogP) is 3.63. The number of carbonyl (C=O) groups excluding carboxylic acids is 2. The number of hydrogen-bond acceptors (Lipinski definition) is 6. The van der Waals surface area contributed by atoms with Crippen LogP contribution in [0.1, 0.15) is 62.3 Å². The van der Waals surface area contributed by atoms with E-state index in [1.165, 1.54) is 6.07 Å². The van der Waals surface area contributed by atoms with E-state index in [0.29, 0.717) is 24.3 Å². The molecule has 0 N–H and O–H groups in total. The number of rotatable bonds is 8. The van der Waals surface area contributed by atoms with Crippen LogP contribution in [0.2, 0.25) is 0 Å². The smallest absolute Gasteiger partial charge is 0.338 e. The molecule has 0 saturated carbocycles. The summed E-state index contributed by atoms with van der Waals surface area (Å²) in [5.41, 5.74) is 0.0156. The molecule has 0 unspecified atom stereocenters. The Morgan fingerprint density at radius 1 is 0.731 bits per heavy atom. The van der Waals surface area contributed by atoms with Crippen LogP contribution in [0.15, 0.2) is 24.3 Å². The van der Waals surface area contributed by atoms with Gasteiger partial charge in [0.05, 0.1) is 35.5 Å². The molecule has 26 heavy (non-hydrogen) atoms. The normalized spacial score (nSPS) is 11.9. The van der Waals surface area contributed by atoms with Crippen molar-refractivity contribution in [1.29, 1.82) is 0 Å². The van der Waals surface area contributed by atoms with Crippen LogP contribution in [-0.4, -0.2) is 49.6 Å². The van der Waals surface area contributed by atoms with Gasteiger partial charge in [-0.25, -0.2) is 9.59 Å². The molecule has 0 aliphatic carbocycles. The molecule has 0 heterocycles. The maximum atomic E-state index is 12.1. The molecule has 6 heteroatoms. The van der Waals surface area contributed by atoms with E-state index in [4.69, 9.17) is 18.9 Å². The average Bonchev–Trinajstić information content (AvgIpc) is 2.53. The van der Waals surface area contributed by atoms with Gasteiger partial charge in [-0.1, -0.05) is 6.07 Å². The minimum absolute atomic E-state index is 0.148. The number of carbonyl (C=O) groups is 2. The Hall–Kier alpha value is -1.92. The molecule has 0 saturated heterocycles. The Kier molecular flexibility index (Phi) is 8.24. The molecule has 6 nitrogen and oxygen atoms in total. The molecule has 0 aliphatic rings. The Morgan fingerprint density at radius 2 is 1.12 bits per heavy atom. The number of ether oxygens (including phenoxy) is 4. The van der Waals surface area contributed by atoms with E-state index in [1.54, 1.807) is 18.2 Å². The topological polar surface area (TPSA) is 71.1 Å². The third-order valence-electron chi connectivity index (χ3n) is 3.04. The molecule has 0 atom stereocenters. The summed E-state index contributed by atoms with van der Waals surface area (Å²) in [6, 6.07) is 6.25. The van der Waals surface area contributed by atoms with Gasteiger partial charge in [0.1, 0.15) is 13.2 Å². The summed E-state index contributed by atoms with van der Waals surface area (Å²) in [5.74, 6) is -1.01. The van der Waals surface area contributed by atoms with E-state index in [1.807, 2.05) is 41.5 Å². The minimum atomic E-state index is -0.506. The van der Waals surface area contributed by atoms with Gasteiger partial charge in [-0.3, -0.25) is 0 Å². The minimum Gasteiger partial charge on any atom is -0.460 e. The van der Waals surface area contributed by atoms with Gasteiger partial charge in [0, 0.05) is 0 Å². The molecule has 1 aromatic rings. The van der Waals surface area contributed by atoms with Crippen LogP contribution in [0.4, 0.5) is 0 Å². The molecule has 0 radical (unpaired) electrons. The van der Waals surface area contributed by atoms with E-state index >= 15 is 0 Å². The molecule has 0 fully saturated rings. The summed E-state index contributed by atoms with van der Waals surface area (Å²) in [6.45, 7) is 12.5. The molecule has 1 aromatic carbocycles. The zero-order chi connectivity index (χ0) is 19.8. The fourth-order valence-corrected chi connectivity index (χ4v) is 1.90. The van der Waals surface area contributed by atoms with Gasteiger partial charge in [0.15, 0.2) is 0 Å². The quantitative estimate of drug-likeness (QED) is 0.517. The molecule has 0 spiro atoms. The Balaban J connectivity index is 2.48. The maximum Gasteiger partial charge on any atom is 0.338 e. The zero-order valence-electron chi connectivity index (χ0n) is 16.6. The monoisotopic (exact) mass is 366 g/mol. The van der Waals surface area contributed by atoms with Gasteiger partial charge in [-0.05, 0) is 59.7 Å². The summed E-state index contributed by atoms with van der Waals surface area (Å²) in [6.07, 6.45) is 0. The lowest BCUT2D eigenvalue weighted by molar-refractivity contribution is -0.0284. The van der Waals surface area contributed by atoms with Gasteiger partial charge in [0.2, 0.25) is 0 Å². The number of esters is 2. The van der Waals surface area contributed by atoms with Crippen molar-refractivity contribution >= 4 is 11.9 Å². The second-order valence-corrected chi connectivity index (χ2v) is 7.77. The van der Waals surface area contributed by atoms with Crippen molar-refractivity contribution in [3.63, 3.8) is 0 Å². The van der Waals surface area contributed by atoms with Crippen LogP contribution >= 0.6 is 0 Å². The third-order valence-corrected chi connectivity index (χ3v) is 3.04. The summed E-state index contributed by atoms with van der Waals surface area (Å²) in [7, 11) is 0. The van der Waals surface area contributed by atoms with Gasteiger partial charge in [-0.15, -0.1) is 0 Å². The lowest BCUT2D eigenvalue weighted by atomic mass is 10.1. The standard InChI is InChI=1S/C20H30O6/c1-19(2,3)25-12-10-23-17(21)15-8-7-9-16(14-15)18(22)24-11-13-26-20(4,5)6/h7-9,14H,10-13H2,1-6H3. The van der Waals surface area contributed by atoms with Gasteiger partial charge >= 0.3 is 11.9 Å². The summed E-state index contributed by atoms with van der Waals surface area (Å²) >= 11 is 0. The van der Waals surface area contributed by atoms with Crippen LogP contribution in [0.25, 0.3) is 0 Å². The first-order valence-corrected chi connectivity index (χ1v) is 8.70. The van der Waals surface area contributed by atoms with Crippen molar-refractivity contribution < 1.29 is 28.5 Å². The third kappa shape index (κ3) is 9.53. The van der Waals surface area contributed by atoms with Gasteiger partial charge in [0.25, 0.3) is 0 Å². The second kappa shape index (κ2) is 9.69. The van der Waals surface area contributed by atoms with Crippen molar-refractivity contribution in [2.75, 3.05) is 26.4 Å². The second-order valence-electron chi connectivity index (χ2n) is 7.77. The Morgan fingerprint density at radius 3 is 1.46 bits per heavy atom. The van der Waals surface area contributed by atoms with E-state index < -0.39 is 11.9 Å². The molecular formula is C20H30O6. The van der Waals surface area contributed by atoms with E-state index in [0.717, 1.165) is 0 Å². The lowest BCUT2D eigenvalue weighted by Gasteiger charge is -2.19. The Labute approximate surface area is 155 Å². The highest BCUT2D eigenvalue weighted by Crippen LogP contribution is 2.10. The molecular weight excluding hydrogens is 336 g/mol. The fourth-order valence-electron chi connectivity index (χ4n) is 1.90. The largest absolute Gasteiger partial charge is 0.460 e. The fraction of sp³-hybridized carbons (Fsp3) is 0.600. The number of benzene rings is 1. The van der Waals surface area contributed by atoms with Crippen molar-refractivity contribution in [1.82, 2.24) is 0 Å². The summed E-state index contributed by atoms with van der Waals surface area (Å²) < 4.78 is 21.3. The Bertz CT molecular complexity index is 546. The first-order chi connectivity index (χ1) is 12.0. The van der Waals surface area contributed by atoms with Crippen molar-refractivity contribution in [2.45, 2.75) is 52.7 Å². The SMILES string of the molecule is CC(C)(C)OCCOC(=O)c1cccc(C(=O)OCCOC(C)(C)C)c1. The summed E-state index contributed by atoms with van der Waals surface area (Å²) in [4.78, 5) is 24.1. The van der Waals surface area contributed by atoms with Crippen LogP contribution in [0.5, 0.6) is 0 Å². The lowest BCUT2D eigenvalue weighted by Crippen LogP contribution is -2.23. The first-order valence-electron chi connectivity index (χ1n) is 8.70. The van der Waals surface area contributed by atoms with Gasteiger partial charge in [-0.2, -0.15) is 0 Å². The molecule has 0 bridgehead atoms. The van der Waals surface area contributed by atoms with Crippen LogP contribution < -0.4 is 0 Å². The number of hydrogen-bond donors (Lipinski definition) is 0. The van der Waals surface area contributed by atoms with Crippen molar-refractivity contribution in [2.24, 2.45) is 0 Å². The summed E-state index contributed by atoms with van der Waals surface area (Å²) in [5, 5.41) is 0. The van der Waals surface area contributed by atoms with E-state index in [-0.39, 0.29) is 24.4 Å². The zero-order valence-corrected chi connectivity index (χ0v) is 16.6. The maximum absolute atomic E-state index is 12.1. The highest BCUT2D eigenvalue weighted by molar-refractivity contribution is 5.95. The van der Waals surface area contributed by atoms with Crippen LogP contribution in [-0.2, 0) is 18.9 Å². The molecule has 0 aliphatic heterocycles. The molecule has 1 rings (SSSR count). The molecule has 0 amide bonds. The molecule has 0 aromatic heterocycles. The predicted molar refractivity (Wildman–Crippen MR) is 98.4 cm³/mol.